The van der Waals surface area contributed by atoms with E-state index in [1.165, 1.54) is 0 Å². The van der Waals surface area contributed by atoms with E-state index in [1.54, 1.807) is 16.8 Å². The molecular formula is C22H22N8O4. The molecule has 3 aromatic rings. The molecule has 12 heteroatoms. The highest BCUT2D eigenvalue weighted by Crippen LogP contribution is 2.33. The molecule has 3 aliphatic rings. The first-order chi connectivity index (χ1) is 16.6. The first-order valence-electron chi connectivity index (χ1n) is 11.1. The van der Waals surface area contributed by atoms with E-state index in [1.807, 2.05) is 18.2 Å². The van der Waals surface area contributed by atoms with Crippen molar-refractivity contribution in [2.24, 2.45) is 0 Å². The fraction of sp³-hybridized carbons (Fsp3) is 0.318. The lowest BCUT2D eigenvalue weighted by Gasteiger charge is -2.14. The van der Waals surface area contributed by atoms with Crippen LogP contribution in [0.25, 0.3) is 11.7 Å². The molecule has 0 atom stereocenters. The summed E-state index contributed by atoms with van der Waals surface area (Å²) in [6.45, 7) is 1.65. The topological polar surface area (TPSA) is 144 Å². The lowest BCUT2D eigenvalue weighted by Crippen LogP contribution is -2.22. The average Bonchev–Trinajstić information content (AvgIpc) is 3.53. The Morgan fingerprint density at radius 3 is 2.85 bits per heavy atom. The zero-order chi connectivity index (χ0) is 23.1. The molecule has 4 heterocycles. The number of imide groups is 1. The largest absolute Gasteiger partial charge is 0.490 e. The molecule has 3 amide bonds. The van der Waals surface area contributed by atoms with Gasteiger partial charge in [0.05, 0.1) is 19.4 Å². The first-order valence-corrected chi connectivity index (χ1v) is 11.1. The number of anilines is 2. The van der Waals surface area contributed by atoms with E-state index < -0.39 is 11.9 Å². The van der Waals surface area contributed by atoms with Crippen molar-refractivity contribution in [1.82, 2.24) is 30.2 Å². The maximum absolute atomic E-state index is 12.0. The summed E-state index contributed by atoms with van der Waals surface area (Å²) in [4.78, 5) is 32.7. The molecule has 34 heavy (non-hydrogen) atoms. The van der Waals surface area contributed by atoms with Crippen LogP contribution < -0.4 is 30.7 Å². The van der Waals surface area contributed by atoms with Crippen LogP contribution in [0.5, 0.6) is 11.5 Å². The van der Waals surface area contributed by atoms with E-state index in [-0.39, 0.29) is 5.70 Å². The first kappa shape index (κ1) is 20.3. The van der Waals surface area contributed by atoms with E-state index in [9.17, 15) is 9.59 Å². The molecular weight excluding hydrogens is 440 g/mol. The van der Waals surface area contributed by atoms with Gasteiger partial charge in [0.1, 0.15) is 5.70 Å². The van der Waals surface area contributed by atoms with Crippen molar-refractivity contribution in [3.63, 3.8) is 0 Å². The minimum absolute atomic E-state index is 0.133. The van der Waals surface area contributed by atoms with Crippen LogP contribution in [0.15, 0.2) is 30.1 Å². The molecule has 2 aromatic heterocycles. The fourth-order valence-corrected chi connectivity index (χ4v) is 3.78. The zero-order valence-corrected chi connectivity index (χ0v) is 18.1. The second kappa shape index (κ2) is 8.21. The Labute approximate surface area is 193 Å². The third kappa shape index (κ3) is 3.93. The van der Waals surface area contributed by atoms with E-state index in [0.29, 0.717) is 48.9 Å². The number of fused-ring (bicyclic) bond motifs is 2. The molecule has 174 valence electrons. The number of benzene rings is 1. The van der Waals surface area contributed by atoms with Gasteiger partial charge < -0.3 is 25.4 Å². The second-order valence-electron chi connectivity index (χ2n) is 8.24. The van der Waals surface area contributed by atoms with Crippen molar-refractivity contribution in [2.45, 2.75) is 31.8 Å². The summed E-state index contributed by atoms with van der Waals surface area (Å²) < 4.78 is 13.3. The maximum Gasteiger partial charge on any atom is 0.326 e. The minimum atomic E-state index is -0.561. The summed E-state index contributed by atoms with van der Waals surface area (Å²) in [6, 6.07) is 5.57. The number of para-hydroxylation sites is 1. The van der Waals surface area contributed by atoms with Gasteiger partial charge in [-0.3, -0.25) is 10.1 Å². The molecule has 0 radical (unpaired) electrons. The molecule has 1 aromatic carbocycles. The summed E-state index contributed by atoms with van der Waals surface area (Å²) in [5.74, 6) is 1.89. The number of hydrogen-bond acceptors (Lipinski definition) is 9. The van der Waals surface area contributed by atoms with E-state index in [4.69, 9.17) is 9.47 Å². The van der Waals surface area contributed by atoms with Gasteiger partial charge in [-0.25, -0.2) is 4.79 Å². The Kier molecular flexibility index (Phi) is 4.90. The normalized spacial score (nSPS) is 18.5. The van der Waals surface area contributed by atoms with Gasteiger partial charge in [-0.1, -0.05) is 12.1 Å². The van der Waals surface area contributed by atoms with E-state index in [0.717, 1.165) is 36.3 Å². The number of amides is 3. The number of rotatable bonds is 6. The highest BCUT2D eigenvalue weighted by molar-refractivity contribution is 6.14. The summed E-state index contributed by atoms with van der Waals surface area (Å²) in [5, 5.41) is 15.7. The summed E-state index contributed by atoms with van der Waals surface area (Å²) >= 11 is 0. The van der Waals surface area contributed by atoms with Crippen molar-refractivity contribution < 1.29 is 19.1 Å². The zero-order valence-electron chi connectivity index (χ0n) is 18.1. The Hall–Kier alpha value is -4.35. The molecule has 2 aliphatic heterocycles. The summed E-state index contributed by atoms with van der Waals surface area (Å²) in [6.07, 6.45) is 6.08. The summed E-state index contributed by atoms with van der Waals surface area (Å²) in [7, 11) is 0. The molecule has 6 rings (SSSR count). The molecule has 1 saturated heterocycles. The van der Waals surface area contributed by atoms with Gasteiger partial charge in [0.2, 0.25) is 11.9 Å². The van der Waals surface area contributed by atoms with E-state index in [2.05, 4.69) is 36.3 Å². The Morgan fingerprint density at radius 2 is 2.03 bits per heavy atom. The number of urea groups is 1. The maximum atomic E-state index is 12.0. The van der Waals surface area contributed by atoms with Crippen LogP contribution in [0, 0.1) is 0 Å². The van der Waals surface area contributed by atoms with Crippen LogP contribution in [-0.2, 0) is 11.3 Å². The Balaban J connectivity index is 1.33. The Morgan fingerprint density at radius 1 is 1.15 bits per heavy atom. The molecule has 0 spiro atoms. The molecule has 0 unspecified atom stereocenters. The monoisotopic (exact) mass is 462 g/mol. The predicted octanol–water partition coefficient (Wildman–Crippen LogP) is 1.65. The van der Waals surface area contributed by atoms with E-state index >= 15 is 0 Å². The van der Waals surface area contributed by atoms with Crippen LogP contribution in [0.3, 0.4) is 0 Å². The smallest absolute Gasteiger partial charge is 0.326 e. The second-order valence-corrected chi connectivity index (χ2v) is 8.24. The number of carbonyl (C=O) groups is 2. The number of nitrogens with zero attached hydrogens (tertiary/aromatic N) is 4. The molecule has 1 aliphatic carbocycles. The quantitative estimate of drug-likeness (QED) is 0.317. The van der Waals surface area contributed by atoms with Gasteiger partial charge in [0, 0.05) is 30.1 Å². The van der Waals surface area contributed by atoms with Crippen molar-refractivity contribution in [3.8, 4) is 11.5 Å². The van der Waals surface area contributed by atoms with Crippen LogP contribution >= 0.6 is 0 Å². The number of carbonyl (C=O) groups excluding carboxylic acids is 2. The molecule has 4 N–H and O–H groups in total. The number of hydrogen-bond donors (Lipinski definition) is 4. The number of ether oxygens (including phenoxy) is 2. The SMILES string of the molecule is O=C1NC(=O)/C(=C/c2cnn3c(NC4CC4)nc(NCc4cccc5c4OCCCO5)nc23)N1. The van der Waals surface area contributed by atoms with Crippen molar-refractivity contribution >= 4 is 35.6 Å². The highest BCUT2D eigenvalue weighted by Gasteiger charge is 2.26. The minimum Gasteiger partial charge on any atom is -0.490 e. The standard InChI is InChI=1S/C22H22N8O4/c31-19-15(26-22(32)28-19)9-13-11-24-30-18(13)27-20(29-21(30)25-14-5-6-14)23-10-12-3-1-4-16-17(12)34-8-2-7-33-16/h1,3-4,9,11,14H,2,5-8,10H2,(H2,23,25,27,29)(H2,26,28,31,32)/b15-9-. The highest BCUT2D eigenvalue weighted by atomic mass is 16.5. The van der Waals surface area contributed by atoms with Crippen LogP contribution in [0.1, 0.15) is 30.4 Å². The lowest BCUT2D eigenvalue weighted by molar-refractivity contribution is -0.115. The van der Waals surface area contributed by atoms with Gasteiger partial charge >= 0.3 is 6.03 Å². The van der Waals surface area contributed by atoms with Crippen molar-refractivity contribution in [1.29, 1.82) is 0 Å². The van der Waals surface area contributed by atoms with Crippen molar-refractivity contribution in [2.75, 3.05) is 23.8 Å². The van der Waals surface area contributed by atoms with Crippen LogP contribution in [0.2, 0.25) is 0 Å². The molecule has 1 saturated carbocycles. The van der Waals surface area contributed by atoms with Gasteiger partial charge in [-0.2, -0.15) is 19.6 Å². The Bertz CT molecular complexity index is 1330. The number of aromatic nitrogens is 4. The molecule has 2 fully saturated rings. The van der Waals surface area contributed by atoms with Gasteiger partial charge in [0.15, 0.2) is 17.1 Å². The molecule has 12 nitrogen and oxygen atoms in total. The fourth-order valence-electron chi connectivity index (χ4n) is 3.78. The third-order valence-electron chi connectivity index (χ3n) is 5.62. The van der Waals surface area contributed by atoms with Crippen molar-refractivity contribution in [3.05, 3.63) is 41.2 Å². The lowest BCUT2D eigenvalue weighted by atomic mass is 10.2. The predicted molar refractivity (Wildman–Crippen MR) is 121 cm³/mol. The third-order valence-corrected chi connectivity index (χ3v) is 5.62. The molecule has 0 bridgehead atoms. The van der Waals surface area contributed by atoms with Crippen LogP contribution in [-0.4, -0.2) is 50.8 Å². The van der Waals surface area contributed by atoms with Crippen LogP contribution in [0.4, 0.5) is 16.7 Å². The number of nitrogens with one attached hydrogen (secondary N) is 4. The van der Waals surface area contributed by atoms with Gasteiger partial charge in [-0.05, 0) is 25.0 Å². The van der Waals surface area contributed by atoms with Gasteiger partial charge in [-0.15, -0.1) is 0 Å². The average molecular weight is 462 g/mol. The summed E-state index contributed by atoms with van der Waals surface area (Å²) in [5.41, 5.74) is 2.13. The van der Waals surface area contributed by atoms with Gasteiger partial charge in [0.25, 0.3) is 5.91 Å².